The van der Waals surface area contributed by atoms with Crippen LogP contribution in [-0.4, -0.2) is 57.5 Å². The highest BCUT2D eigenvalue weighted by Gasteiger charge is 2.39. The van der Waals surface area contributed by atoms with Gasteiger partial charge in [0, 0.05) is 30.9 Å². The minimum absolute atomic E-state index is 0.116. The normalized spacial score (nSPS) is 20.5. The Hall–Kier alpha value is -2.67. The molecule has 1 aliphatic heterocycles. The van der Waals surface area contributed by atoms with Crippen LogP contribution in [-0.2, 0) is 9.53 Å². The maximum absolute atomic E-state index is 12.7. The number of carbonyl (C=O) groups is 2. The summed E-state index contributed by atoms with van der Waals surface area (Å²) in [5.41, 5.74) is 1.18. The number of β-amino-alcohol motifs (C(OH)–C–C–N with tert-alkyl or cyclic N) is 1. The number of amides is 1. The van der Waals surface area contributed by atoms with Gasteiger partial charge >= 0.3 is 5.97 Å². The summed E-state index contributed by atoms with van der Waals surface area (Å²) < 4.78 is 6.37. The van der Waals surface area contributed by atoms with Crippen LogP contribution in [0.15, 0.2) is 42.7 Å². The Bertz CT molecular complexity index is 714. The lowest BCUT2D eigenvalue weighted by atomic mass is 10.1. The van der Waals surface area contributed by atoms with Crippen molar-refractivity contribution in [1.29, 1.82) is 0 Å². The first-order valence-corrected chi connectivity index (χ1v) is 7.27. The molecule has 1 aromatic carbocycles. The fourth-order valence-electron chi connectivity index (χ4n) is 2.77. The Morgan fingerprint density at radius 1 is 1.35 bits per heavy atom. The number of methoxy groups -OCH3 is 1. The van der Waals surface area contributed by atoms with E-state index in [0.717, 1.165) is 5.69 Å². The van der Waals surface area contributed by atoms with Crippen molar-refractivity contribution in [2.75, 3.05) is 13.7 Å². The quantitative estimate of drug-likeness (QED) is 0.839. The number of benzene rings is 1. The van der Waals surface area contributed by atoms with Crippen LogP contribution in [0.4, 0.5) is 0 Å². The number of nitrogens with zero attached hydrogens (tertiary/aromatic N) is 3. The zero-order valence-electron chi connectivity index (χ0n) is 12.6. The van der Waals surface area contributed by atoms with Crippen LogP contribution < -0.4 is 0 Å². The molecule has 0 spiro atoms. The first-order chi connectivity index (χ1) is 11.1. The average Bonchev–Trinajstić information content (AvgIpc) is 3.23. The molecule has 1 saturated heterocycles. The van der Waals surface area contributed by atoms with Gasteiger partial charge in [0.1, 0.15) is 6.04 Å². The summed E-state index contributed by atoms with van der Waals surface area (Å²) in [7, 11) is 1.27. The van der Waals surface area contributed by atoms with E-state index >= 15 is 0 Å². The summed E-state index contributed by atoms with van der Waals surface area (Å²) in [4.78, 5) is 25.9. The molecule has 1 fully saturated rings. The smallest absolute Gasteiger partial charge is 0.328 e. The van der Waals surface area contributed by atoms with E-state index in [-0.39, 0.29) is 18.9 Å². The van der Waals surface area contributed by atoms with Crippen LogP contribution in [0.1, 0.15) is 16.8 Å². The van der Waals surface area contributed by atoms with Gasteiger partial charge in [-0.25, -0.2) is 9.48 Å². The molecular weight excluding hydrogens is 298 g/mol. The first kappa shape index (κ1) is 15.2. The Labute approximate surface area is 133 Å². The molecule has 0 unspecified atom stereocenters. The monoisotopic (exact) mass is 315 g/mol. The summed E-state index contributed by atoms with van der Waals surface area (Å²) >= 11 is 0. The summed E-state index contributed by atoms with van der Waals surface area (Å²) in [6.45, 7) is 0.116. The maximum atomic E-state index is 12.7. The lowest BCUT2D eigenvalue weighted by molar-refractivity contribution is -0.145. The Balaban J connectivity index is 1.88. The number of carbonyl (C=O) groups excluding carboxylic acids is 2. The molecule has 2 heterocycles. The summed E-state index contributed by atoms with van der Waals surface area (Å²) in [6.07, 6.45) is 2.90. The van der Waals surface area contributed by atoms with Crippen LogP contribution >= 0.6 is 0 Å². The van der Waals surface area contributed by atoms with Crippen molar-refractivity contribution >= 4 is 11.9 Å². The molecule has 0 bridgehead atoms. The molecule has 0 saturated carbocycles. The summed E-state index contributed by atoms with van der Waals surface area (Å²) in [5, 5.41) is 13.9. The van der Waals surface area contributed by atoms with Gasteiger partial charge in [-0.15, -0.1) is 0 Å². The van der Waals surface area contributed by atoms with Crippen molar-refractivity contribution in [3.8, 4) is 5.69 Å². The van der Waals surface area contributed by atoms with Crippen LogP contribution in [0.3, 0.4) is 0 Å². The second-order valence-electron chi connectivity index (χ2n) is 5.39. The Morgan fingerprint density at radius 3 is 2.87 bits per heavy atom. The van der Waals surface area contributed by atoms with Gasteiger partial charge in [-0.2, -0.15) is 5.10 Å². The van der Waals surface area contributed by atoms with E-state index in [2.05, 4.69) is 5.10 Å². The molecule has 120 valence electrons. The number of esters is 1. The van der Waals surface area contributed by atoms with E-state index in [4.69, 9.17) is 4.74 Å². The molecule has 3 rings (SSSR count). The van der Waals surface area contributed by atoms with Gasteiger partial charge in [0.25, 0.3) is 5.91 Å². The molecule has 2 atom stereocenters. The average molecular weight is 315 g/mol. The Morgan fingerprint density at radius 2 is 2.17 bits per heavy atom. The number of rotatable bonds is 3. The van der Waals surface area contributed by atoms with Crippen molar-refractivity contribution < 1.29 is 19.4 Å². The maximum Gasteiger partial charge on any atom is 0.328 e. The fraction of sp³-hybridized carbons (Fsp3) is 0.312. The van der Waals surface area contributed by atoms with E-state index in [1.54, 1.807) is 41.3 Å². The zero-order valence-corrected chi connectivity index (χ0v) is 12.6. The molecule has 1 aromatic heterocycles. The molecule has 0 aliphatic carbocycles. The largest absolute Gasteiger partial charge is 0.467 e. The van der Waals surface area contributed by atoms with Crippen LogP contribution in [0, 0.1) is 0 Å². The van der Waals surface area contributed by atoms with Gasteiger partial charge in [-0.05, 0) is 24.3 Å². The van der Waals surface area contributed by atoms with Crippen molar-refractivity contribution in [3.05, 3.63) is 48.3 Å². The fourth-order valence-corrected chi connectivity index (χ4v) is 2.77. The lowest BCUT2D eigenvalue weighted by Crippen LogP contribution is -2.41. The number of aliphatic hydroxyl groups is 1. The van der Waals surface area contributed by atoms with Gasteiger partial charge in [0.2, 0.25) is 0 Å². The third-order valence-corrected chi connectivity index (χ3v) is 3.88. The van der Waals surface area contributed by atoms with E-state index in [1.807, 2.05) is 6.07 Å². The number of hydrogen-bond acceptors (Lipinski definition) is 5. The molecule has 1 N–H and O–H groups in total. The molecule has 2 aromatic rings. The van der Waals surface area contributed by atoms with Crippen molar-refractivity contribution in [2.45, 2.75) is 18.6 Å². The summed E-state index contributed by atoms with van der Waals surface area (Å²) in [6, 6.07) is 8.00. The number of likely N-dealkylation sites (tertiary alicyclic amines) is 1. The Kier molecular flexibility index (Phi) is 4.12. The second kappa shape index (κ2) is 6.21. The minimum atomic E-state index is -0.754. The molecule has 1 amide bonds. The predicted octanol–water partition coefficient (Wildman–Crippen LogP) is 0.621. The highest BCUT2D eigenvalue weighted by atomic mass is 16.5. The lowest BCUT2D eigenvalue weighted by Gasteiger charge is -2.22. The number of aromatic nitrogens is 2. The van der Waals surface area contributed by atoms with E-state index in [9.17, 15) is 14.7 Å². The highest BCUT2D eigenvalue weighted by Crippen LogP contribution is 2.22. The van der Waals surface area contributed by atoms with E-state index in [0.29, 0.717) is 5.56 Å². The summed E-state index contributed by atoms with van der Waals surface area (Å²) in [5.74, 6) is -0.830. The van der Waals surface area contributed by atoms with E-state index in [1.165, 1.54) is 12.0 Å². The van der Waals surface area contributed by atoms with Crippen LogP contribution in [0.5, 0.6) is 0 Å². The number of hydrogen-bond donors (Lipinski definition) is 1. The highest BCUT2D eigenvalue weighted by molar-refractivity contribution is 5.97. The number of aliphatic hydroxyl groups excluding tert-OH is 1. The van der Waals surface area contributed by atoms with Gasteiger partial charge in [0.15, 0.2) is 0 Å². The second-order valence-corrected chi connectivity index (χ2v) is 5.39. The van der Waals surface area contributed by atoms with Crippen LogP contribution in [0.2, 0.25) is 0 Å². The molecule has 23 heavy (non-hydrogen) atoms. The van der Waals surface area contributed by atoms with E-state index < -0.39 is 18.1 Å². The van der Waals surface area contributed by atoms with Crippen molar-refractivity contribution in [3.63, 3.8) is 0 Å². The molecular formula is C16H17N3O4. The van der Waals surface area contributed by atoms with Gasteiger partial charge < -0.3 is 14.7 Å². The topological polar surface area (TPSA) is 84.7 Å². The molecule has 7 nitrogen and oxygen atoms in total. The van der Waals surface area contributed by atoms with Gasteiger partial charge in [0.05, 0.1) is 18.9 Å². The van der Waals surface area contributed by atoms with Gasteiger partial charge in [-0.3, -0.25) is 4.79 Å². The number of ether oxygens (including phenoxy) is 1. The minimum Gasteiger partial charge on any atom is -0.467 e. The third-order valence-electron chi connectivity index (χ3n) is 3.88. The molecule has 1 aliphatic rings. The van der Waals surface area contributed by atoms with Crippen molar-refractivity contribution in [1.82, 2.24) is 14.7 Å². The van der Waals surface area contributed by atoms with Gasteiger partial charge in [-0.1, -0.05) is 6.07 Å². The SMILES string of the molecule is COC(=O)[C@@H]1C[C@@H](O)CN1C(=O)c1cccc(-n2cccn2)c1. The first-order valence-electron chi connectivity index (χ1n) is 7.27. The third kappa shape index (κ3) is 2.95. The zero-order chi connectivity index (χ0) is 16.4. The standard InChI is InChI=1S/C16H17N3O4/c1-23-16(22)14-9-13(20)10-18(14)15(21)11-4-2-5-12(8-11)19-7-3-6-17-19/h2-8,13-14,20H,9-10H2,1H3/t13-,14+/m1/s1. The molecule has 0 radical (unpaired) electrons. The predicted molar refractivity (Wildman–Crippen MR) is 81.0 cm³/mol. The molecule has 7 heteroatoms. The van der Waals surface area contributed by atoms with Crippen molar-refractivity contribution in [2.24, 2.45) is 0 Å². The van der Waals surface area contributed by atoms with Crippen LogP contribution in [0.25, 0.3) is 5.69 Å².